The summed E-state index contributed by atoms with van der Waals surface area (Å²) >= 11 is 0. The zero-order chi connectivity index (χ0) is 38.2. The van der Waals surface area contributed by atoms with Gasteiger partial charge in [0, 0.05) is 26.2 Å². The van der Waals surface area contributed by atoms with Gasteiger partial charge in [-0.15, -0.1) is 5.10 Å². The first-order valence-corrected chi connectivity index (χ1v) is 24.1. The Kier molecular flexibility index (Phi) is 11.4. The Hall–Kier alpha value is -3.67. The molecule has 2 atom stereocenters. The Bertz CT molecular complexity index is 1770. The zero-order valence-electron chi connectivity index (χ0n) is 33.2. The molecule has 1 saturated heterocycles. The summed E-state index contributed by atoms with van der Waals surface area (Å²) in [6.07, 6.45) is 1.58. The highest BCUT2D eigenvalue weighted by Crippen LogP contribution is 2.39. The second-order valence-corrected chi connectivity index (χ2v) is 26.8. The van der Waals surface area contributed by atoms with E-state index in [0.29, 0.717) is 67.9 Å². The Balaban J connectivity index is 1.27. The molecule has 1 unspecified atom stereocenters. The van der Waals surface area contributed by atoms with E-state index in [9.17, 15) is 9.59 Å². The number of tetrazole rings is 1. The molecule has 0 spiro atoms. The summed E-state index contributed by atoms with van der Waals surface area (Å²) in [5, 5.41) is 15.6. The summed E-state index contributed by atoms with van der Waals surface area (Å²) in [5.41, 5.74) is 2.88. The molecule has 0 radical (unpaired) electrons. The van der Waals surface area contributed by atoms with Crippen molar-refractivity contribution < 1.29 is 23.2 Å². The number of hydrogen-bond donors (Lipinski definition) is 1. The highest BCUT2D eigenvalue weighted by molar-refractivity contribution is 6.74. The van der Waals surface area contributed by atoms with Gasteiger partial charge in [0.25, 0.3) is 5.91 Å². The fraction of sp³-hybridized carbons (Fsp3) is 0.622. The lowest BCUT2D eigenvalue weighted by molar-refractivity contribution is 0.102. The molecule has 2 aliphatic heterocycles. The maximum absolute atomic E-state index is 13.8. The number of nitrogens with one attached hydrogen (secondary N) is 1. The number of rotatable bonds is 10. The van der Waals surface area contributed by atoms with Crippen LogP contribution < -0.4 is 10.1 Å². The lowest BCUT2D eigenvalue weighted by Gasteiger charge is -2.38. The van der Waals surface area contributed by atoms with Gasteiger partial charge in [0.2, 0.25) is 5.82 Å². The predicted molar refractivity (Wildman–Crippen MR) is 208 cm³/mol. The number of carbonyl (C=O) groups is 2. The van der Waals surface area contributed by atoms with Gasteiger partial charge < -0.3 is 28.7 Å². The van der Waals surface area contributed by atoms with E-state index < -0.39 is 16.6 Å². The molecule has 1 N–H and O–H groups in total. The number of anilines is 1. The zero-order valence-corrected chi connectivity index (χ0v) is 35.2. The van der Waals surface area contributed by atoms with E-state index in [0.717, 1.165) is 17.5 Å². The third-order valence-electron chi connectivity index (χ3n) is 11.4. The molecular formula is C37H58N8O5Si2. The minimum atomic E-state index is -1.97. The lowest BCUT2D eigenvalue weighted by atomic mass is 9.96. The van der Waals surface area contributed by atoms with Crippen molar-refractivity contribution in [3.05, 3.63) is 47.0 Å². The molecule has 13 nitrogen and oxygen atoms in total. The Labute approximate surface area is 311 Å². The van der Waals surface area contributed by atoms with Crippen molar-refractivity contribution in [1.29, 1.82) is 0 Å². The molecule has 2 aliphatic rings. The molecule has 1 fully saturated rings. The monoisotopic (exact) mass is 750 g/mol. The number of hydrogen-bond acceptors (Lipinski definition) is 9. The minimum absolute atomic E-state index is 0.0121. The van der Waals surface area contributed by atoms with E-state index >= 15 is 0 Å². The average molecular weight is 751 g/mol. The first-order valence-electron chi connectivity index (χ1n) is 18.3. The van der Waals surface area contributed by atoms with Crippen LogP contribution in [0.5, 0.6) is 5.75 Å². The number of fused-ring (bicyclic) bond motifs is 1. The van der Waals surface area contributed by atoms with Crippen molar-refractivity contribution in [2.75, 3.05) is 38.7 Å². The standard InChI is InChI=1S/C37H58N8O5Si2/c1-25(24-49-51(9,10)36(2,3)4)45-33(40-41-42-45)30-14-13-15-32(38-30)39-34(46)29-20-27-22-43(18-16-26(27)21-31(29)48-8)35(47)44-19-17-28(23-44)50-52(11,12)37(5,6)7/h13-15,20-21,25,28H,16-19,22-24H2,1-12H3,(H,38,39,46)/t25-,28?/m1/s1. The topological polar surface area (TPSA) is 137 Å². The van der Waals surface area contributed by atoms with E-state index in [2.05, 4.69) is 88.6 Å². The van der Waals surface area contributed by atoms with Gasteiger partial charge in [-0.1, -0.05) is 47.6 Å². The van der Waals surface area contributed by atoms with E-state index in [1.807, 2.05) is 41.0 Å². The SMILES string of the molecule is COc1cc2c(cc1C(=O)Nc1cccc(-c3nnnn3[C@H](C)CO[Si](C)(C)C(C)(C)C)n1)CN(C(=O)N1CCC(O[Si](C)(C)C(C)(C)C)C1)CC2. The van der Waals surface area contributed by atoms with Gasteiger partial charge in [-0.2, -0.15) is 0 Å². The average Bonchev–Trinajstić information content (AvgIpc) is 3.75. The Morgan fingerprint density at radius 2 is 1.69 bits per heavy atom. The van der Waals surface area contributed by atoms with Gasteiger partial charge in [-0.05, 0) is 102 Å². The van der Waals surface area contributed by atoms with Crippen LogP contribution in [-0.2, 0) is 21.8 Å². The summed E-state index contributed by atoms with van der Waals surface area (Å²) in [5.74, 6) is 0.933. The third-order valence-corrected chi connectivity index (χ3v) is 20.4. The molecule has 5 rings (SSSR count). The fourth-order valence-electron chi connectivity index (χ4n) is 5.98. The molecule has 3 amide bonds. The van der Waals surface area contributed by atoms with Crippen LogP contribution in [0.3, 0.4) is 0 Å². The van der Waals surface area contributed by atoms with Crippen LogP contribution in [0, 0.1) is 0 Å². The van der Waals surface area contributed by atoms with Crippen molar-refractivity contribution >= 4 is 34.4 Å². The molecule has 15 heteroatoms. The normalized spacial score (nSPS) is 17.6. The van der Waals surface area contributed by atoms with Crippen LogP contribution in [0.15, 0.2) is 30.3 Å². The quantitative estimate of drug-likeness (QED) is 0.214. The molecular weight excluding hydrogens is 693 g/mol. The summed E-state index contributed by atoms with van der Waals surface area (Å²) < 4.78 is 20.5. The number of pyridine rings is 1. The number of carbonyl (C=O) groups excluding carboxylic acids is 2. The fourth-order valence-corrected chi connectivity index (χ4v) is 8.45. The van der Waals surface area contributed by atoms with Gasteiger partial charge in [0.05, 0.1) is 31.4 Å². The molecule has 0 saturated carbocycles. The summed E-state index contributed by atoms with van der Waals surface area (Å²) in [6.45, 7) is 27.1. The summed E-state index contributed by atoms with van der Waals surface area (Å²) in [7, 11) is -2.34. The smallest absolute Gasteiger partial charge is 0.320 e. The van der Waals surface area contributed by atoms with Gasteiger partial charge in [-0.25, -0.2) is 14.5 Å². The molecule has 52 heavy (non-hydrogen) atoms. The highest BCUT2D eigenvalue weighted by atomic mass is 28.4. The van der Waals surface area contributed by atoms with Crippen LogP contribution in [0.4, 0.5) is 10.6 Å². The van der Waals surface area contributed by atoms with Crippen LogP contribution in [-0.4, -0.2) is 103 Å². The second kappa shape index (κ2) is 15.0. The van der Waals surface area contributed by atoms with Crippen molar-refractivity contribution in [3.63, 3.8) is 0 Å². The number of methoxy groups -OCH3 is 1. The number of benzene rings is 1. The van der Waals surface area contributed by atoms with Gasteiger partial charge in [-0.3, -0.25) is 4.79 Å². The number of aromatic nitrogens is 5. The number of nitrogens with zero attached hydrogens (tertiary/aromatic N) is 7. The van der Waals surface area contributed by atoms with Crippen molar-refractivity contribution in [2.45, 2.75) is 116 Å². The maximum Gasteiger partial charge on any atom is 0.320 e. The molecule has 4 heterocycles. The first kappa shape index (κ1) is 39.5. The van der Waals surface area contributed by atoms with E-state index in [1.54, 1.807) is 17.9 Å². The van der Waals surface area contributed by atoms with Gasteiger partial charge in [0.1, 0.15) is 17.3 Å². The molecule has 0 aliphatic carbocycles. The van der Waals surface area contributed by atoms with Gasteiger partial charge in [0.15, 0.2) is 16.6 Å². The predicted octanol–water partition coefficient (Wildman–Crippen LogP) is 7.15. The van der Waals surface area contributed by atoms with Crippen LogP contribution >= 0.6 is 0 Å². The number of amides is 3. The Morgan fingerprint density at radius 1 is 0.981 bits per heavy atom. The largest absolute Gasteiger partial charge is 0.496 e. The number of ether oxygens (including phenoxy) is 1. The van der Waals surface area contributed by atoms with Crippen molar-refractivity contribution in [3.8, 4) is 17.3 Å². The van der Waals surface area contributed by atoms with E-state index in [-0.39, 0.29) is 34.2 Å². The molecule has 2 aromatic heterocycles. The van der Waals surface area contributed by atoms with Crippen LogP contribution in [0.2, 0.25) is 36.3 Å². The number of urea groups is 1. The summed E-state index contributed by atoms with van der Waals surface area (Å²) in [6, 6.07) is 8.98. The van der Waals surface area contributed by atoms with E-state index in [4.69, 9.17) is 18.6 Å². The second-order valence-electron chi connectivity index (χ2n) is 17.2. The maximum atomic E-state index is 13.8. The first-order chi connectivity index (χ1) is 24.2. The minimum Gasteiger partial charge on any atom is -0.496 e. The van der Waals surface area contributed by atoms with E-state index in [1.165, 1.54) is 0 Å². The molecule has 1 aromatic carbocycles. The summed E-state index contributed by atoms with van der Waals surface area (Å²) in [4.78, 5) is 35.9. The Morgan fingerprint density at radius 3 is 2.37 bits per heavy atom. The lowest BCUT2D eigenvalue weighted by Crippen LogP contribution is -2.47. The highest BCUT2D eigenvalue weighted by Gasteiger charge is 2.42. The van der Waals surface area contributed by atoms with Crippen LogP contribution in [0.25, 0.3) is 11.5 Å². The molecule has 284 valence electrons. The van der Waals surface area contributed by atoms with Crippen LogP contribution in [0.1, 0.15) is 82.4 Å². The number of likely N-dealkylation sites (tertiary alicyclic amines) is 1. The molecule has 0 bridgehead atoms. The van der Waals surface area contributed by atoms with Crippen molar-refractivity contribution in [1.82, 2.24) is 35.0 Å². The van der Waals surface area contributed by atoms with Crippen molar-refractivity contribution in [2.24, 2.45) is 0 Å². The third kappa shape index (κ3) is 8.58. The van der Waals surface area contributed by atoms with Gasteiger partial charge >= 0.3 is 6.03 Å². The molecule has 3 aromatic rings.